The van der Waals surface area contributed by atoms with Crippen LogP contribution in [-0.2, 0) is 11.3 Å². The molecule has 4 rings (SSSR count). The summed E-state index contributed by atoms with van der Waals surface area (Å²) in [4.78, 5) is 15.6. The van der Waals surface area contributed by atoms with Crippen molar-refractivity contribution in [1.82, 2.24) is 9.80 Å². The van der Waals surface area contributed by atoms with E-state index in [1.807, 2.05) is 0 Å². The van der Waals surface area contributed by atoms with Crippen molar-refractivity contribution in [3.05, 3.63) is 65.2 Å². The van der Waals surface area contributed by atoms with Gasteiger partial charge in [0.15, 0.2) is 0 Å². The van der Waals surface area contributed by atoms with E-state index >= 15 is 0 Å². The molecule has 4 nitrogen and oxygen atoms in total. The summed E-state index contributed by atoms with van der Waals surface area (Å²) in [5.41, 5.74) is 2.31. The van der Waals surface area contributed by atoms with Crippen molar-refractivity contribution in [2.45, 2.75) is 51.5 Å². The molecule has 2 aromatic carbocycles. The third-order valence-corrected chi connectivity index (χ3v) is 6.18. The van der Waals surface area contributed by atoms with E-state index in [4.69, 9.17) is 0 Å². The van der Waals surface area contributed by atoms with Gasteiger partial charge in [-0.15, -0.1) is 0 Å². The molecule has 2 aromatic rings. The third kappa shape index (κ3) is 6.76. The molecule has 0 aromatic heterocycles. The third-order valence-electron chi connectivity index (χ3n) is 6.18. The maximum atomic E-state index is 12.3. The molecule has 2 aliphatic heterocycles. The molecule has 2 heterocycles. The monoisotopic (exact) mass is 430 g/mol. The smallest absolute Gasteiger partial charge is 0.263 e. The van der Waals surface area contributed by atoms with E-state index < -0.39 is 6.43 Å². The zero-order chi connectivity index (χ0) is 22.2. The molecule has 2 aliphatic rings. The number of phenols is 1. The van der Waals surface area contributed by atoms with Crippen molar-refractivity contribution in [3.63, 3.8) is 0 Å². The van der Waals surface area contributed by atoms with E-state index in [1.165, 1.54) is 50.2 Å². The SMILES string of the molecule is CCN1CCC(c2ccc(O)cc2)CC1.O=C1CCCN1Cc1ccc(C(F)F)cc1. The lowest BCUT2D eigenvalue weighted by Crippen LogP contribution is -2.32. The number of nitrogens with zero attached hydrogens (tertiary/aromatic N) is 2. The first kappa shape index (κ1) is 23.2. The molecular weight excluding hydrogens is 398 g/mol. The maximum absolute atomic E-state index is 12.3. The fraction of sp³-hybridized carbons (Fsp3) is 0.480. The predicted molar refractivity (Wildman–Crippen MR) is 118 cm³/mol. The van der Waals surface area contributed by atoms with Crippen LogP contribution in [0.5, 0.6) is 5.75 Å². The fourth-order valence-electron chi connectivity index (χ4n) is 4.19. The Labute approximate surface area is 183 Å². The van der Waals surface area contributed by atoms with E-state index in [0.717, 1.165) is 18.5 Å². The Hall–Kier alpha value is -2.47. The second-order valence-electron chi connectivity index (χ2n) is 8.26. The van der Waals surface area contributed by atoms with Crippen LogP contribution in [0.25, 0.3) is 0 Å². The van der Waals surface area contributed by atoms with Gasteiger partial charge in [0.05, 0.1) is 0 Å². The van der Waals surface area contributed by atoms with Crippen LogP contribution in [0.15, 0.2) is 48.5 Å². The lowest BCUT2D eigenvalue weighted by atomic mass is 9.89. The van der Waals surface area contributed by atoms with Crippen molar-refractivity contribution in [2.24, 2.45) is 0 Å². The number of carbonyl (C=O) groups is 1. The first-order valence-electron chi connectivity index (χ1n) is 11.1. The van der Waals surface area contributed by atoms with Gasteiger partial charge in [-0.2, -0.15) is 0 Å². The number of piperidine rings is 1. The van der Waals surface area contributed by atoms with Gasteiger partial charge in [-0.3, -0.25) is 4.79 Å². The summed E-state index contributed by atoms with van der Waals surface area (Å²) in [5, 5.41) is 9.23. The molecule has 1 N–H and O–H groups in total. The topological polar surface area (TPSA) is 43.8 Å². The van der Waals surface area contributed by atoms with Crippen LogP contribution in [0.3, 0.4) is 0 Å². The Bertz CT molecular complexity index is 816. The average Bonchev–Trinajstić information content (AvgIpc) is 3.19. The van der Waals surface area contributed by atoms with E-state index in [-0.39, 0.29) is 11.5 Å². The first-order valence-corrected chi connectivity index (χ1v) is 11.1. The normalized spacial score (nSPS) is 17.7. The molecule has 0 bridgehead atoms. The summed E-state index contributed by atoms with van der Waals surface area (Å²) in [6.07, 6.45) is 1.57. The van der Waals surface area contributed by atoms with Gasteiger partial charge in [0.2, 0.25) is 5.91 Å². The summed E-state index contributed by atoms with van der Waals surface area (Å²) in [6, 6.07) is 13.9. The number of amides is 1. The van der Waals surface area contributed by atoms with Crippen LogP contribution >= 0.6 is 0 Å². The van der Waals surface area contributed by atoms with Crippen molar-refractivity contribution >= 4 is 5.91 Å². The minimum Gasteiger partial charge on any atom is -0.508 e. The van der Waals surface area contributed by atoms with Crippen molar-refractivity contribution < 1.29 is 18.7 Å². The number of phenolic OH excluding ortho intramolecular Hbond substituents is 1. The molecule has 1 amide bonds. The molecule has 0 radical (unpaired) electrons. The quantitative estimate of drug-likeness (QED) is 0.697. The van der Waals surface area contributed by atoms with E-state index in [0.29, 0.717) is 24.6 Å². The number of carbonyl (C=O) groups excluding carboxylic acids is 1. The number of alkyl halides is 2. The van der Waals surface area contributed by atoms with Gasteiger partial charge in [-0.1, -0.05) is 43.3 Å². The fourth-order valence-corrected chi connectivity index (χ4v) is 4.19. The van der Waals surface area contributed by atoms with E-state index in [2.05, 4.69) is 24.0 Å². The largest absolute Gasteiger partial charge is 0.508 e. The van der Waals surface area contributed by atoms with Crippen LogP contribution in [0, 0.1) is 0 Å². The summed E-state index contributed by atoms with van der Waals surface area (Å²) in [7, 11) is 0. The molecular formula is C25H32F2N2O2. The predicted octanol–water partition coefficient (Wildman–Crippen LogP) is 5.34. The summed E-state index contributed by atoms with van der Waals surface area (Å²) in [6.45, 7) is 7.12. The average molecular weight is 431 g/mol. The molecule has 0 atom stereocenters. The van der Waals surface area contributed by atoms with E-state index in [9.17, 15) is 18.7 Å². The molecule has 0 aliphatic carbocycles. The molecule has 0 spiro atoms. The van der Waals surface area contributed by atoms with Crippen LogP contribution in [0.4, 0.5) is 8.78 Å². The van der Waals surface area contributed by atoms with Gasteiger partial charge in [-0.25, -0.2) is 8.78 Å². The number of halogens is 2. The highest BCUT2D eigenvalue weighted by molar-refractivity contribution is 5.78. The minimum absolute atomic E-state index is 0.0245. The highest BCUT2D eigenvalue weighted by Crippen LogP contribution is 2.28. The zero-order valence-electron chi connectivity index (χ0n) is 18.1. The van der Waals surface area contributed by atoms with Gasteiger partial charge < -0.3 is 14.9 Å². The van der Waals surface area contributed by atoms with Gasteiger partial charge in [0, 0.05) is 25.1 Å². The Morgan fingerprint density at radius 1 is 1.00 bits per heavy atom. The number of likely N-dealkylation sites (tertiary alicyclic amines) is 2. The summed E-state index contributed by atoms with van der Waals surface area (Å²) >= 11 is 0. The second kappa shape index (κ2) is 11.2. The van der Waals surface area contributed by atoms with Crippen molar-refractivity contribution in [1.29, 1.82) is 0 Å². The lowest BCUT2D eigenvalue weighted by molar-refractivity contribution is -0.128. The molecule has 31 heavy (non-hydrogen) atoms. The van der Waals surface area contributed by atoms with Crippen molar-refractivity contribution in [2.75, 3.05) is 26.2 Å². The van der Waals surface area contributed by atoms with E-state index in [1.54, 1.807) is 29.2 Å². The Morgan fingerprint density at radius 2 is 1.65 bits per heavy atom. The minimum atomic E-state index is -2.43. The Kier molecular flexibility index (Phi) is 8.41. The molecule has 168 valence electrons. The summed E-state index contributed by atoms with van der Waals surface area (Å²) < 4.78 is 24.6. The van der Waals surface area contributed by atoms with Crippen LogP contribution in [0.1, 0.15) is 61.6 Å². The highest BCUT2D eigenvalue weighted by Gasteiger charge is 2.20. The van der Waals surface area contributed by atoms with Crippen molar-refractivity contribution in [3.8, 4) is 5.75 Å². The number of rotatable bonds is 5. The number of hydrogen-bond donors (Lipinski definition) is 1. The van der Waals surface area contributed by atoms with Gasteiger partial charge in [0.25, 0.3) is 6.43 Å². The Morgan fingerprint density at radius 3 is 2.16 bits per heavy atom. The van der Waals surface area contributed by atoms with Gasteiger partial charge in [-0.05, 0) is 68.1 Å². The number of hydrogen-bond acceptors (Lipinski definition) is 3. The van der Waals surface area contributed by atoms with Gasteiger partial charge >= 0.3 is 0 Å². The highest BCUT2D eigenvalue weighted by atomic mass is 19.3. The molecule has 0 unspecified atom stereocenters. The maximum Gasteiger partial charge on any atom is 0.263 e. The number of aromatic hydroxyl groups is 1. The van der Waals surface area contributed by atoms with Crippen LogP contribution in [-0.4, -0.2) is 47.0 Å². The molecule has 2 fully saturated rings. The zero-order valence-corrected chi connectivity index (χ0v) is 18.1. The van der Waals surface area contributed by atoms with Crippen LogP contribution < -0.4 is 0 Å². The standard InChI is InChI=1S/C13H19NO.C12H13F2NO/c1-2-14-9-7-12(8-10-14)11-3-5-13(15)6-4-11;13-12(14)10-5-3-9(4-6-10)8-15-7-1-2-11(15)16/h3-6,12,15H,2,7-10H2,1H3;3-6,12H,1-2,7-8H2. The number of benzene rings is 2. The molecule has 0 saturated carbocycles. The first-order chi connectivity index (χ1) is 15.0. The Balaban J connectivity index is 0.000000176. The lowest BCUT2D eigenvalue weighted by Gasteiger charge is -2.31. The second-order valence-corrected chi connectivity index (χ2v) is 8.26. The molecule has 2 saturated heterocycles. The van der Waals surface area contributed by atoms with Crippen LogP contribution in [0.2, 0.25) is 0 Å². The van der Waals surface area contributed by atoms with Gasteiger partial charge in [0.1, 0.15) is 5.75 Å². The summed E-state index contributed by atoms with van der Waals surface area (Å²) in [5.74, 6) is 1.20. The molecule has 6 heteroatoms.